The Bertz CT molecular complexity index is 852. The maximum atomic E-state index is 6.00. The number of rotatable bonds is 5. The van der Waals surface area contributed by atoms with Gasteiger partial charge in [0.1, 0.15) is 0 Å². The zero-order chi connectivity index (χ0) is 18.6. The smallest absolute Gasteiger partial charge is 0.0774 e. The van der Waals surface area contributed by atoms with Crippen molar-refractivity contribution in [3.8, 4) is 0 Å². The Morgan fingerprint density at radius 2 is 1.74 bits per heavy atom. The Morgan fingerprint density at radius 3 is 2.41 bits per heavy atom. The van der Waals surface area contributed by atoms with E-state index in [0.717, 1.165) is 43.4 Å². The molecule has 1 saturated heterocycles. The van der Waals surface area contributed by atoms with E-state index in [1.54, 1.807) is 0 Å². The van der Waals surface area contributed by atoms with Gasteiger partial charge in [0, 0.05) is 43.9 Å². The number of hydrogen-bond donors (Lipinski definition) is 1. The number of halogens is 1. The fourth-order valence-corrected chi connectivity index (χ4v) is 4.03. The molecule has 140 valence electrons. The highest BCUT2D eigenvalue weighted by atomic mass is 35.5. The number of H-pyrrole nitrogens is 1. The Morgan fingerprint density at radius 1 is 1.00 bits per heavy atom. The number of aromatic amines is 1. The number of nitrogens with zero attached hydrogens (tertiary/aromatic N) is 3. The Labute approximate surface area is 165 Å². The van der Waals surface area contributed by atoms with Crippen molar-refractivity contribution in [1.29, 1.82) is 0 Å². The van der Waals surface area contributed by atoms with Crippen LogP contribution >= 0.6 is 11.6 Å². The second kappa shape index (κ2) is 8.26. The fourth-order valence-electron chi connectivity index (χ4n) is 3.90. The molecule has 2 heterocycles. The topological polar surface area (TPSA) is 35.2 Å². The second-order valence-electron chi connectivity index (χ2n) is 7.21. The molecule has 2 aromatic carbocycles. The van der Waals surface area contributed by atoms with Gasteiger partial charge >= 0.3 is 0 Å². The van der Waals surface area contributed by atoms with Crippen LogP contribution in [0.3, 0.4) is 0 Å². The molecule has 1 aromatic heterocycles. The van der Waals surface area contributed by atoms with Gasteiger partial charge in [0.2, 0.25) is 0 Å². The standard InChI is InChI=1S/C22H25ClN4/c1-17-4-2-3-5-20(17)22(21-10-11-24-25-21)27-14-12-26(13-15-27)16-18-6-8-19(23)9-7-18/h2-11,22H,12-16H2,1H3,(H,24,25). The van der Waals surface area contributed by atoms with Crippen molar-refractivity contribution in [2.45, 2.75) is 19.5 Å². The number of aromatic nitrogens is 2. The summed E-state index contributed by atoms with van der Waals surface area (Å²) in [5.41, 5.74) is 5.15. The van der Waals surface area contributed by atoms with Crippen molar-refractivity contribution >= 4 is 11.6 Å². The summed E-state index contributed by atoms with van der Waals surface area (Å²) in [6, 6.07) is 19.2. The van der Waals surface area contributed by atoms with Crippen LogP contribution in [0.4, 0.5) is 0 Å². The molecule has 0 aliphatic carbocycles. The van der Waals surface area contributed by atoms with Crippen molar-refractivity contribution < 1.29 is 0 Å². The van der Waals surface area contributed by atoms with E-state index < -0.39 is 0 Å². The van der Waals surface area contributed by atoms with Crippen LogP contribution in [0, 0.1) is 6.92 Å². The van der Waals surface area contributed by atoms with Crippen LogP contribution in [-0.4, -0.2) is 46.2 Å². The lowest BCUT2D eigenvalue weighted by Gasteiger charge is -2.39. The lowest BCUT2D eigenvalue weighted by atomic mass is 9.96. The van der Waals surface area contributed by atoms with E-state index in [9.17, 15) is 0 Å². The summed E-state index contributed by atoms with van der Waals surface area (Å²) >= 11 is 6.00. The number of nitrogens with one attached hydrogen (secondary N) is 1. The van der Waals surface area contributed by atoms with Crippen LogP contribution in [0.15, 0.2) is 60.8 Å². The van der Waals surface area contributed by atoms with Crippen molar-refractivity contribution in [3.05, 3.63) is 88.2 Å². The molecular formula is C22H25ClN4. The highest BCUT2D eigenvalue weighted by molar-refractivity contribution is 6.30. The molecule has 0 amide bonds. The summed E-state index contributed by atoms with van der Waals surface area (Å²) in [4.78, 5) is 5.08. The van der Waals surface area contributed by atoms with Crippen LogP contribution in [0.2, 0.25) is 5.02 Å². The zero-order valence-corrected chi connectivity index (χ0v) is 16.4. The predicted molar refractivity (Wildman–Crippen MR) is 110 cm³/mol. The summed E-state index contributed by atoms with van der Waals surface area (Å²) in [5.74, 6) is 0. The van der Waals surface area contributed by atoms with Gasteiger partial charge in [-0.2, -0.15) is 5.10 Å². The van der Waals surface area contributed by atoms with Crippen molar-refractivity contribution in [3.63, 3.8) is 0 Å². The summed E-state index contributed by atoms with van der Waals surface area (Å²) < 4.78 is 0. The SMILES string of the molecule is Cc1ccccc1C(c1ccn[nH]1)N1CCN(Cc2ccc(Cl)cc2)CC1. The molecular weight excluding hydrogens is 356 g/mol. The molecule has 0 saturated carbocycles. The molecule has 1 atom stereocenters. The third kappa shape index (κ3) is 4.24. The van der Waals surface area contributed by atoms with Gasteiger partial charge in [-0.25, -0.2) is 0 Å². The molecule has 27 heavy (non-hydrogen) atoms. The van der Waals surface area contributed by atoms with Crippen LogP contribution in [-0.2, 0) is 6.54 Å². The van der Waals surface area contributed by atoms with Gasteiger partial charge in [0.25, 0.3) is 0 Å². The molecule has 0 radical (unpaired) electrons. The fraction of sp³-hybridized carbons (Fsp3) is 0.318. The van der Waals surface area contributed by atoms with Gasteiger partial charge in [-0.1, -0.05) is 48.0 Å². The first-order valence-corrected chi connectivity index (χ1v) is 9.84. The van der Waals surface area contributed by atoms with Gasteiger partial charge in [0.15, 0.2) is 0 Å². The highest BCUT2D eigenvalue weighted by Crippen LogP contribution is 2.30. The summed E-state index contributed by atoms with van der Waals surface area (Å²) in [6.07, 6.45) is 1.84. The monoisotopic (exact) mass is 380 g/mol. The number of aryl methyl sites for hydroxylation is 1. The van der Waals surface area contributed by atoms with Crippen molar-refractivity contribution in [1.82, 2.24) is 20.0 Å². The van der Waals surface area contributed by atoms with Gasteiger partial charge in [-0.3, -0.25) is 14.9 Å². The normalized spacial score (nSPS) is 17.1. The lowest BCUT2D eigenvalue weighted by molar-refractivity contribution is 0.103. The minimum Gasteiger partial charge on any atom is -0.297 e. The van der Waals surface area contributed by atoms with Gasteiger partial charge in [-0.05, 0) is 41.8 Å². The van der Waals surface area contributed by atoms with E-state index in [2.05, 4.69) is 69.4 Å². The van der Waals surface area contributed by atoms with Gasteiger partial charge in [0.05, 0.1) is 11.7 Å². The van der Waals surface area contributed by atoms with E-state index in [1.165, 1.54) is 16.7 Å². The molecule has 1 N–H and O–H groups in total. The van der Waals surface area contributed by atoms with Crippen LogP contribution in [0.5, 0.6) is 0 Å². The summed E-state index contributed by atoms with van der Waals surface area (Å²) in [6.45, 7) is 7.34. The maximum Gasteiger partial charge on any atom is 0.0774 e. The van der Waals surface area contributed by atoms with Gasteiger partial charge in [-0.15, -0.1) is 0 Å². The number of benzene rings is 2. The van der Waals surface area contributed by atoms with Crippen LogP contribution in [0.25, 0.3) is 0 Å². The Kier molecular flexibility index (Phi) is 5.58. The van der Waals surface area contributed by atoms with E-state index in [1.807, 2.05) is 18.3 Å². The highest BCUT2D eigenvalue weighted by Gasteiger charge is 2.28. The first kappa shape index (κ1) is 18.2. The first-order chi connectivity index (χ1) is 13.2. The molecule has 0 spiro atoms. The Balaban J connectivity index is 1.47. The van der Waals surface area contributed by atoms with Gasteiger partial charge < -0.3 is 0 Å². The third-order valence-electron chi connectivity index (χ3n) is 5.39. The minimum atomic E-state index is 0.228. The quantitative estimate of drug-likeness (QED) is 0.717. The van der Waals surface area contributed by atoms with Crippen LogP contribution < -0.4 is 0 Å². The van der Waals surface area contributed by atoms with E-state index in [-0.39, 0.29) is 6.04 Å². The molecule has 1 unspecified atom stereocenters. The molecule has 3 aromatic rings. The third-order valence-corrected chi connectivity index (χ3v) is 5.64. The molecule has 4 nitrogen and oxygen atoms in total. The molecule has 0 bridgehead atoms. The number of piperazine rings is 1. The van der Waals surface area contributed by atoms with Crippen molar-refractivity contribution in [2.24, 2.45) is 0 Å². The Hall–Kier alpha value is -2.14. The van der Waals surface area contributed by atoms with E-state index in [0.29, 0.717) is 0 Å². The van der Waals surface area contributed by atoms with Crippen molar-refractivity contribution in [2.75, 3.05) is 26.2 Å². The predicted octanol–water partition coefficient (Wildman–Crippen LogP) is 4.28. The largest absolute Gasteiger partial charge is 0.297 e. The molecule has 1 fully saturated rings. The van der Waals surface area contributed by atoms with E-state index in [4.69, 9.17) is 11.6 Å². The second-order valence-corrected chi connectivity index (χ2v) is 7.65. The molecule has 5 heteroatoms. The average molecular weight is 381 g/mol. The van der Waals surface area contributed by atoms with E-state index >= 15 is 0 Å². The first-order valence-electron chi connectivity index (χ1n) is 9.46. The molecule has 1 aliphatic rings. The summed E-state index contributed by atoms with van der Waals surface area (Å²) in [7, 11) is 0. The minimum absolute atomic E-state index is 0.228. The maximum absolute atomic E-state index is 6.00. The van der Waals surface area contributed by atoms with Crippen LogP contribution in [0.1, 0.15) is 28.4 Å². The summed E-state index contributed by atoms with van der Waals surface area (Å²) in [5, 5.41) is 8.19. The number of hydrogen-bond acceptors (Lipinski definition) is 3. The average Bonchev–Trinajstić information content (AvgIpc) is 3.21. The zero-order valence-electron chi connectivity index (χ0n) is 15.6. The molecule has 1 aliphatic heterocycles. The lowest BCUT2D eigenvalue weighted by Crippen LogP contribution is -2.47. The molecule has 4 rings (SSSR count).